The highest BCUT2D eigenvalue weighted by Crippen LogP contribution is 2.26. The van der Waals surface area contributed by atoms with Crippen LogP contribution in [0.2, 0.25) is 0 Å². The van der Waals surface area contributed by atoms with Gasteiger partial charge < -0.3 is 15.5 Å². The molecule has 1 amide bonds. The van der Waals surface area contributed by atoms with E-state index >= 15 is 0 Å². The number of rotatable bonds is 6. The fourth-order valence-electron chi connectivity index (χ4n) is 4.86. The SMILES string of the molecule is C=C1NC(=O)C/C1=C\c1cnn2c(Nc3ccccc3)nc(N3CCN(Cc4cccc(C#N)c4)CC3)nc12. The molecular formula is C29H27N9O. The van der Waals surface area contributed by atoms with Crippen LogP contribution in [-0.2, 0) is 11.3 Å². The summed E-state index contributed by atoms with van der Waals surface area (Å²) in [5, 5.41) is 19.9. The molecule has 0 radical (unpaired) electrons. The third-order valence-corrected chi connectivity index (χ3v) is 6.89. The number of allylic oxidation sites excluding steroid dienone is 1. The number of para-hydroxylation sites is 1. The van der Waals surface area contributed by atoms with Crippen molar-refractivity contribution >= 4 is 35.2 Å². The fraction of sp³-hybridized carbons (Fsp3) is 0.207. The zero-order valence-electron chi connectivity index (χ0n) is 21.3. The van der Waals surface area contributed by atoms with Gasteiger partial charge in [0.1, 0.15) is 0 Å². The van der Waals surface area contributed by atoms with Crippen LogP contribution in [0.15, 0.2) is 78.6 Å². The molecule has 2 aromatic carbocycles. The first-order valence-electron chi connectivity index (χ1n) is 12.8. The minimum Gasteiger partial charge on any atom is -0.338 e. The Bertz CT molecular complexity index is 1630. The largest absolute Gasteiger partial charge is 0.338 e. The van der Waals surface area contributed by atoms with E-state index < -0.39 is 0 Å². The van der Waals surface area contributed by atoms with Crippen LogP contribution in [0.1, 0.15) is 23.1 Å². The predicted molar refractivity (Wildman–Crippen MR) is 149 cm³/mol. The van der Waals surface area contributed by atoms with Crippen LogP contribution < -0.4 is 15.5 Å². The van der Waals surface area contributed by atoms with Crippen LogP contribution in [-0.4, -0.2) is 56.6 Å². The van der Waals surface area contributed by atoms with Gasteiger partial charge in [0.05, 0.1) is 24.3 Å². The first kappa shape index (κ1) is 24.3. The van der Waals surface area contributed by atoms with Gasteiger partial charge >= 0.3 is 0 Å². The molecule has 194 valence electrons. The van der Waals surface area contributed by atoms with Gasteiger partial charge in [-0.25, -0.2) is 0 Å². The van der Waals surface area contributed by atoms with Gasteiger partial charge in [0.25, 0.3) is 0 Å². The maximum atomic E-state index is 11.9. The molecular weight excluding hydrogens is 490 g/mol. The molecule has 2 aliphatic heterocycles. The molecule has 2 N–H and O–H groups in total. The quantitative estimate of drug-likeness (QED) is 0.400. The lowest BCUT2D eigenvalue weighted by Gasteiger charge is -2.34. The number of anilines is 3. The van der Waals surface area contributed by atoms with Gasteiger partial charge in [0.2, 0.25) is 17.8 Å². The summed E-state index contributed by atoms with van der Waals surface area (Å²) in [6.45, 7) is 7.96. The van der Waals surface area contributed by atoms with E-state index in [0.717, 1.165) is 55.1 Å². The van der Waals surface area contributed by atoms with Crippen LogP contribution in [0.4, 0.5) is 17.6 Å². The summed E-state index contributed by atoms with van der Waals surface area (Å²) in [5.41, 5.74) is 5.57. The van der Waals surface area contributed by atoms with Crippen LogP contribution >= 0.6 is 0 Å². The zero-order chi connectivity index (χ0) is 26.8. The Morgan fingerprint density at radius 2 is 1.90 bits per heavy atom. The number of carbonyl (C=O) groups excluding carboxylic acids is 1. The van der Waals surface area contributed by atoms with Crippen LogP contribution in [0.5, 0.6) is 0 Å². The highest BCUT2D eigenvalue weighted by Gasteiger charge is 2.23. The molecule has 4 heterocycles. The van der Waals surface area contributed by atoms with Crippen LogP contribution in [0, 0.1) is 11.3 Å². The summed E-state index contributed by atoms with van der Waals surface area (Å²) in [6, 6.07) is 19.8. The monoisotopic (exact) mass is 517 g/mol. The second-order valence-corrected chi connectivity index (χ2v) is 9.62. The highest BCUT2D eigenvalue weighted by molar-refractivity contribution is 5.89. The molecule has 0 spiro atoms. The summed E-state index contributed by atoms with van der Waals surface area (Å²) < 4.78 is 1.69. The van der Waals surface area contributed by atoms with Crippen molar-refractivity contribution in [1.82, 2.24) is 29.8 Å². The van der Waals surface area contributed by atoms with Gasteiger partial charge in [-0.3, -0.25) is 9.69 Å². The number of nitrogens with zero attached hydrogens (tertiary/aromatic N) is 7. The minimum absolute atomic E-state index is 0.0679. The third-order valence-electron chi connectivity index (χ3n) is 6.89. The summed E-state index contributed by atoms with van der Waals surface area (Å²) >= 11 is 0. The highest BCUT2D eigenvalue weighted by atomic mass is 16.1. The number of nitrogens with one attached hydrogen (secondary N) is 2. The number of hydrogen-bond acceptors (Lipinski definition) is 8. The summed E-state index contributed by atoms with van der Waals surface area (Å²) in [4.78, 5) is 26.2. The maximum absolute atomic E-state index is 11.9. The third kappa shape index (κ3) is 5.21. The summed E-state index contributed by atoms with van der Waals surface area (Å²) in [6.07, 6.45) is 3.93. The molecule has 6 rings (SSSR count). The standard InChI is InChI=1S/C29H27N9O/c1-20-23(16-26(39)32-20)15-24-18-31-38-27(24)34-28(35-29(38)33-25-8-3-2-4-9-25)37-12-10-36(11-13-37)19-22-7-5-6-21(14-22)17-30/h2-9,14-15,18H,1,10-13,16,19H2,(H,32,39)(H,33,34,35)/b23-15+. The van der Waals surface area contributed by atoms with E-state index in [1.165, 1.54) is 0 Å². The van der Waals surface area contributed by atoms with Crippen LogP contribution in [0.25, 0.3) is 11.7 Å². The number of aromatic nitrogens is 4. The normalized spacial score (nSPS) is 17.0. The van der Waals surface area contributed by atoms with E-state index in [-0.39, 0.29) is 12.3 Å². The van der Waals surface area contributed by atoms with Crippen molar-refractivity contribution in [2.45, 2.75) is 13.0 Å². The lowest BCUT2D eigenvalue weighted by molar-refractivity contribution is -0.118. The maximum Gasteiger partial charge on any atom is 0.233 e. The van der Waals surface area contributed by atoms with E-state index in [1.807, 2.05) is 54.6 Å². The molecule has 2 fully saturated rings. The molecule has 0 bridgehead atoms. The van der Waals surface area contributed by atoms with Crippen molar-refractivity contribution in [2.75, 3.05) is 36.4 Å². The Hall–Kier alpha value is -5.01. The van der Waals surface area contributed by atoms with Gasteiger partial charge in [-0.15, -0.1) is 0 Å². The molecule has 0 saturated carbocycles. The van der Waals surface area contributed by atoms with E-state index in [4.69, 9.17) is 9.97 Å². The van der Waals surface area contributed by atoms with Crippen molar-refractivity contribution < 1.29 is 4.79 Å². The molecule has 2 saturated heterocycles. The van der Waals surface area contributed by atoms with Crippen molar-refractivity contribution in [2.24, 2.45) is 0 Å². The Morgan fingerprint density at radius 3 is 2.64 bits per heavy atom. The van der Waals surface area contributed by atoms with Gasteiger partial charge in [-0.1, -0.05) is 36.9 Å². The molecule has 4 aromatic rings. The zero-order valence-corrected chi connectivity index (χ0v) is 21.3. The second-order valence-electron chi connectivity index (χ2n) is 9.62. The number of amides is 1. The Kier molecular flexibility index (Phi) is 6.49. The van der Waals surface area contributed by atoms with Gasteiger partial charge in [0, 0.05) is 49.7 Å². The van der Waals surface area contributed by atoms with Crippen molar-refractivity contribution in [3.63, 3.8) is 0 Å². The first-order chi connectivity index (χ1) is 19.1. The molecule has 0 unspecified atom stereocenters. The molecule has 10 nitrogen and oxygen atoms in total. The topological polar surface area (TPSA) is 114 Å². The molecule has 0 aliphatic carbocycles. The van der Waals surface area contributed by atoms with E-state index in [1.54, 1.807) is 10.7 Å². The van der Waals surface area contributed by atoms with Crippen molar-refractivity contribution in [1.29, 1.82) is 5.26 Å². The number of benzene rings is 2. The second kappa shape index (κ2) is 10.4. The van der Waals surface area contributed by atoms with E-state index in [2.05, 4.69) is 44.2 Å². The lowest BCUT2D eigenvalue weighted by atomic mass is 10.1. The number of carbonyl (C=O) groups is 1. The molecule has 0 atom stereocenters. The first-order valence-corrected chi connectivity index (χ1v) is 12.8. The molecule has 2 aliphatic rings. The van der Waals surface area contributed by atoms with Crippen LogP contribution in [0.3, 0.4) is 0 Å². The summed E-state index contributed by atoms with van der Waals surface area (Å²) in [7, 11) is 0. The number of nitriles is 1. The number of hydrogen-bond donors (Lipinski definition) is 2. The minimum atomic E-state index is -0.0679. The average molecular weight is 518 g/mol. The Labute approximate surface area is 225 Å². The number of piperazine rings is 1. The average Bonchev–Trinajstić information content (AvgIpc) is 3.51. The van der Waals surface area contributed by atoms with Gasteiger partial charge in [0.15, 0.2) is 5.65 Å². The van der Waals surface area contributed by atoms with Gasteiger partial charge in [-0.05, 0) is 41.5 Å². The molecule has 39 heavy (non-hydrogen) atoms. The predicted octanol–water partition coefficient (Wildman–Crippen LogP) is 3.48. The Morgan fingerprint density at radius 1 is 1.08 bits per heavy atom. The lowest BCUT2D eigenvalue weighted by Crippen LogP contribution is -2.46. The van der Waals surface area contributed by atoms with Crippen molar-refractivity contribution in [3.05, 3.63) is 95.3 Å². The number of fused-ring (bicyclic) bond motifs is 1. The smallest absolute Gasteiger partial charge is 0.233 e. The van der Waals surface area contributed by atoms with E-state index in [0.29, 0.717) is 28.8 Å². The van der Waals surface area contributed by atoms with E-state index in [9.17, 15) is 10.1 Å². The van der Waals surface area contributed by atoms with Crippen molar-refractivity contribution in [3.8, 4) is 6.07 Å². The Balaban J connectivity index is 1.28. The van der Waals surface area contributed by atoms with Gasteiger partial charge in [-0.2, -0.15) is 24.8 Å². The molecule has 10 heteroatoms. The summed E-state index contributed by atoms with van der Waals surface area (Å²) in [5.74, 6) is 1.11. The molecule has 2 aromatic heterocycles. The fourth-order valence-corrected chi connectivity index (χ4v) is 4.86.